The number of para-hydroxylation sites is 1. The molecule has 0 radical (unpaired) electrons. The van der Waals surface area contributed by atoms with Gasteiger partial charge in [0.1, 0.15) is 10.3 Å². The van der Waals surface area contributed by atoms with Gasteiger partial charge in [0.25, 0.3) is 0 Å². The number of fused-ring (bicyclic) bond motifs is 1. The van der Waals surface area contributed by atoms with E-state index >= 15 is 0 Å². The molecule has 0 saturated carbocycles. The molecular formula is C20H30BNO4S. The van der Waals surface area contributed by atoms with Gasteiger partial charge in [-0.25, -0.2) is 0 Å². The van der Waals surface area contributed by atoms with Crippen LogP contribution in [0.5, 0.6) is 0 Å². The lowest BCUT2D eigenvalue weighted by Crippen LogP contribution is -2.53. The zero-order chi connectivity index (χ0) is 20.0. The Kier molecular flexibility index (Phi) is 5.47. The summed E-state index contributed by atoms with van der Waals surface area (Å²) in [7, 11) is -0.505. The number of hydrogen-bond donors (Lipinski definition) is 1. The van der Waals surface area contributed by atoms with Crippen molar-refractivity contribution in [2.24, 2.45) is 0 Å². The number of nitrogens with one attached hydrogen (secondary N) is 1. The summed E-state index contributed by atoms with van der Waals surface area (Å²) in [4.78, 5) is 0. The predicted octanol–water partition coefficient (Wildman–Crippen LogP) is 4.03. The van der Waals surface area contributed by atoms with Gasteiger partial charge in [0.05, 0.1) is 23.4 Å². The lowest BCUT2D eigenvalue weighted by molar-refractivity contribution is 0.00578. The molecule has 1 aromatic carbocycles. The van der Waals surface area contributed by atoms with Gasteiger partial charge in [-0.1, -0.05) is 18.2 Å². The summed E-state index contributed by atoms with van der Waals surface area (Å²) in [5.74, 6) is -0.271. The first-order valence-electron chi connectivity index (χ1n) is 9.39. The molecule has 1 aromatic heterocycles. The number of rotatable bonds is 5. The zero-order valence-corrected chi connectivity index (χ0v) is 18.1. The standard InChI is InChI=1S/C20H30BNO4S/c1-18(2,3)27(23)22-17(21-25-19(4,5)20(6,7)26-21)12-14-13-24-16-11-9-8-10-15(14)16/h8-11,13,17,22H,12H2,1-7H3/t17?,27-/m1/s1. The highest BCUT2D eigenvalue weighted by atomic mass is 32.2. The van der Waals surface area contributed by atoms with Crippen LogP contribution in [0, 0.1) is 0 Å². The minimum Gasteiger partial charge on any atom is -0.598 e. The zero-order valence-electron chi connectivity index (χ0n) is 17.3. The van der Waals surface area contributed by atoms with Crippen LogP contribution >= 0.6 is 0 Å². The van der Waals surface area contributed by atoms with Crippen LogP contribution in [-0.2, 0) is 27.1 Å². The third-order valence-electron chi connectivity index (χ3n) is 5.42. The molecule has 1 saturated heterocycles. The highest BCUT2D eigenvalue weighted by Crippen LogP contribution is 2.38. The first-order valence-corrected chi connectivity index (χ1v) is 10.5. The van der Waals surface area contributed by atoms with E-state index in [1.165, 1.54) is 0 Å². The Morgan fingerprint density at radius 3 is 2.30 bits per heavy atom. The second-order valence-corrected chi connectivity index (χ2v) is 11.2. The summed E-state index contributed by atoms with van der Waals surface area (Å²) in [6, 6.07) is 7.93. The van der Waals surface area contributed by atoms with Gasteiger partial charge in [0.2, 0.25) is 0 Å². The van der Waals surface area contributed by atoms with Crippen molar-refractivity contribution in [2.45, 2.75) is 76.8 Å². The largest absolute Gasteiger partial charge is 0.598 e. The van der Waals surface area contributed by atoms with E-state index in [-0.39, 0.29) is 10.7 Å². The van der Waals surface area contributed by atoms with Crippen molar-refractivity contribution >= 4 is 29.4 Å². The third-order valence-corrected chi connectivity index (χ3v) is 7.04. The maximum atomic E-state index is 12.8. The van der Waals surface area contributed by atoms with Crippen molar-refractivity contribution in [3.63, 3.8) is 0 Å². The SMILES string of the molecule is CC(C)(C)[S@@+]([O-])NC(Cc1coc2ccccc12)B1OC(C)(C)C(C)(C)O1. The van der Waals surface area contributed by atoms with Gasteiger partial charge in [0, 0.05) is 16.7 Å². The average Bonchev–Trinajstić information content (AvgIpc) is 3.04. The molecule has 0 amide bonds. The molecule has 2 heterocycles. The monoisotopic (exact) mass is 391 g/mol. The Bertz CT molecular complexity index is 783. The van der Waals surface area contributed by atoms with E-state index in [1.807, 2.05) is 72.7 Å². The molecule has 148 valence electrons. The Morgan fingerprint density at radius 2 is 1.70 bits per heavy atom. The fraction of sp³-hybridized carbons (Fsp3) is 0.600. The van der Waals surface area contributed by atoms with Crippen LogP contribution < -0.4 is 4.72 Å². The molecule has 2 aromatic rings. The summed E-state index contributed by atoms with van der Waals surface area (Å²) in [6.45, 7) is 14.0. The van der Waals surface area contributed by atoms with Crippen LogP contribution in [0.1, 0.15) is 54.0 Å². The van der Waals surface area contributed by atoms with Crippen LogP contribution in [0.4, 0.5) is 0 Å². The van der Waals surface area contributed by atoms with Crippen molar-refractivity contribution in [1.82, 2.24) is 4.72 Å². The average molecular weight is 391 g/mol. The van der Waals surface area contributed by atoms with Crippen molar-refractivity contribution in [2.75, 3.05) is 0 Å². The van der Waals surface area contributed by atoms with Gasteiger partial charge in [-0.2, -0.15) is 0 Å². The summed E-state index contributed by atoms with van der Waals surface area (Å²) in [5, 5.41) is 1.06. The minimum absolute atomic E-state index is 0.271. The third kappa shape index (κ3) is 4.22. The van der Waals surface area contributed by atoms with Crippen molar-refractivity contribution in [1.29, 1.82) is 0 Å². The van der Waals surface area contributed by atoms with E-state index < -0.39 is 29.7 Å². The van der Waals surface area contributed by atoms with E-state index in [1.54, 1.807) is 6.26 Å². The van der Waals surface area contributed by atoms with Crippen LogP contribution in [0.25, 0.3) is 11.0 Å². The first-order chi connectivity index (χ1) is 12.4. The van der Waals surface area contributed by atoms with Crippen molar-refractivity contribution in [3.05, 3.63) is 36.1 Å². The summed E-state index contributed by atoms with van der Waals surface area (Å²) in [5.41, 5.74) is 0.999. The molecule has 1 aliphatic rings. The second kappa shape index (κ2) is 7.12. The summed E-state index contributed by atoms with van der Waals surface area (Å²) >= 11 is -1.25. The van der Waals surface area contributed by atoms with Crippen LogP contribution in [0.3, 0.4) is 0 Å². The molecule has 1 aliphatic heterocycles. The summed E-state index contributed by atoms with van der Waals surface area (Å²) in [6.07, 6.45) is 2.36. The Balaban J connectivity index is 1.88. The highest BCUT2D eigenvalue weighted by molar-refractivity contribution is 7.90. The quantitative estimate of drug-likeness (QED) is 0.616. The number of benzene rings is 1. The van der Waals surface area contributed by atoms with E-state index in [9.17, 15) is 4.55 Å². The smallest absolute Gasteiger partial charge is 0.481 e. The molecule has 5 nitrogen and oxygen atoms in total. The van der Waals surface area contributed by atoms with Crippen LogP contribution in [-0.4, -0.2) is 33.6 Å². The molecule has 3 rings (SSSR count). The second-order valence-electron chi connectivity index (χ2n) is 9.19. The normalized spacial score (nSPS) is 21.6. The van der Waals surface area contributed by atoms with Gasteiger partial charge in [-0.05, 0) is 66.5 Å². The Morgan fingerprint density at radius 1 is 1.11 bits per heavy atom. The van der Waals surface area contributed by atoms with E-state index in [2.05, 4.69) is 4.72 Å². The molecule has 1 N–H and O–H groups in total. The molecule has 1 fully saturated rings. The van der Waals surface area contributed by atoms with Crippen LogP contribution in [0.15, 0.2) is 34.9 Å². The number of furan rings is 1. The van der Waals surface area contributed by atoms with Crippen LogP contribution in [0.2, 0.25) is 0 Å². The maximum Gasteiger partial charge on any atom is 0.481 e. The molecule has 27 heavy (non-hydrogen) atoms. The number of hydrogen-bond acceptors (Lipinski definition) is 5. The predicted molar refractivity (Wildman–Crippen MR) is 111 cm³/mol. The fourth-order valence-corrected chi connectivity index (χ4v) is 3.81. The Hall–Kier alpha value is -0.985. The summed E-state index contributed by atoms with van der Waals surface area (Å²) < 4.78 is 33.9. The molecule has 1 unspecified atom stereocenters. The Labute approximate surface area is 165 Å². The first kappa shape index (κ1) is 20.7. The van der Waals surface area contributed by atoms with Gasteiger partial charge in [-0.3, -0.25) is 0 Å². The van der Waals surface area contributed by atoms with Crippen molar-refractivity contribution < 1.29 is 18.3 Å². The van der Waals surface area contributed by atoms with Gasteiger partial charge < -0.3 is 18.3 Å². The van der Waals surface area contributed by atoms with E-state index in [4.69, 9.17) is 13.7 Å². The molecular weight excluding hydrogens is 361 g/mol. The van der Waals surface area contributed by atoms with Crippen molar-refractivity contribution in [3.8, 4) is 0 Å². The van der Waals surface area contributed by atoms with E-state index in [0.29, 0.717) is 6.42 Å². The minimum atomic E-state index is -1.25. The topological polar surface area (TPSA) is 66.7 Å². The molecule has 7 heteroatoms. The molecule has 0 bridgehead atoms. The highest BCUT2D eigenvalue weighted by Gasteiger charge is 2.55. The van der Waals surface area contributed by atoms with Gasteiger partial charge in [0.15, 0.2) is 0 Å². The molecule has 2 atom stereocenters. The molecule has 0 aliphatic carbocycles. The van der Waals surface area contributed by atoms with E-state index in [0.717, 1.165) is 16.5 Å². The lowest BCUT2D eigenvalue weighted by Gasteiger charge is -2.32. The lowest BCUT2D eigenvalue weighted by atomic mass is 9.75. The molecule has 0 spiro atoms. The maximum absolute atomic E-state index is 12.8. The fourth-order valence-electron chi connectivity index (χ4n) is 2.99. The van der Waals surface area contributed by atoms with Gasteiger partial charge in [-0.15, -0.1) is 4.72 Å². The van der Waals surface area contributed by atoms with Gasteiger partial charge >= 0.3 is 7.12 Å².